The van der Waals surface area contributed by atoms with Gasteiger partial charge in [-0.1, -0.05) is 11.8 Å². The minimum Gasteiger partial charge on any atom is -0.346 e. The number of nitrogens with zero attached hydrogens (tertiary/aromatic N) is 4. The number of nitrogens with one attached hydrogen (secondary N) is 1. The quantitative estimate of drug-likeness (QED) is 0.863. The van der Waals surface area contributed by atoms with E-state index >= 15 is 0 Å². The standard InChI is InChI=1S/C14H17N5OS2/c1-21-14-18-11(9-22-14)12(20)17-10-4-2-7-19(8-10)13-15-5-3-6-16-13/h3,5-6,9-10H,2,4,7-8H2,1H3,(H,17,20)/t10-/m1/s1. The van der Waals surface area contributed by atoms with Gasteiger partial charge in [0.05, 0.1) is 0 Å². The van der Waals surface area contributed by atoms with E-state index in [-0.39, 0.29) is 11.9 Å². The number of piperidine rings is 1. The first-order chi connectivity index (χ1) is 10.8. The third kappa shape index (κ3) is 3.56. The van der Waals surface area contributed by atoms with Gasteiger partial charge in [-0.25, -0.2) is 15.0 Å². The van der Waals surface area contributed by atoms with Crippen molar-refractivity contribution in [3.63, 3.8) is 0 Å². The molecule has 1 aliphatic heterocycles. The number of anilines is 1. The van der Waals surface area contributed by atoms with Crippen LogP contribution in [0, 0.1) is 0 Å². The maximum Gasteiger partial charge on any atom is 0.271 e. The lowest BCUT2D eigenvalue weighted by atomic mass is 10.1. The van der Waals surface area contributed by atoms with E-state index in [4.69, 9.17) is 0 Å². The number of amides is 1. The molecule has 1 N–H and O–H groups in total. The van der Waals surface area contributed by atoms with Gasteiger partial charge in [0.1, 0.15) is 10.0 Å². The summed E-state index contributed by atoms with van der Waals surface area (Å²) >= 11 is 3.05. The summed E-state index contributed by atoms with van der Waals surface area (Å²) in [6.45, 7) is 1.65. The third-order valence-corrected chi connectivity index (χ3v) is 5.35. The van der Waals surface area contributed by atoms with Crippen LogP contribution in [0.25, 0.3) is 0 Å². The zero-order valence-electron chi connectivity index (χ0n) is 12.2. The Kier molecular flexibility index (Phi) is 4.89. The molecule has 1 fully saturated rings. The molecule has 0 radical (unpaired) electrons. The Labute approximate surface area is 137 Å². The molecule has 6 nitrogen and oxygen atoms in total. The van der Waals surface area contributed by atoms with Crippen molar-refractivity contribution in [1.29, 1.82) is 0 Å². The van der Waals surface area contributed by atoms with Gasteiger partial charge in [-0.05, 0) is 25.2 Å². The van der Waals surface area contributed by atoms with Crippen LogP contribution >= 0.6 is 23.1 Å². The van der Waals surface area contributed by atoms with Crippen LogP contribution in [0.5, 0.6) is 0 Å². The fraction of sp³-hybridized carbons (Fsp3) is 0.429. The molecule has 3 rings (SSSR count). The Bertz CT molecular complexity index is 633. The van der Waals surface area contributed by atoms with Crippen molar-refractivity contribution in [2.75, 3.05) is 24.2 Å². The minimum atomic E-state index is -0.0996. The zero-order chi connectivity index (χ0) is 15.4. The second-order valence-corrected chi connectivity index (χ2v) is 6.92. The minimum absolute atomic E-state index is 0.0996. The van der Waals surface area contributed by atoms with Gasteiger partial charge in [0.15, 0.2) is 0 Å². The highest BCUT2D eigenvalue weighted by molar-refractivity contribution is 8.00. The van der Waals surface area contributed by atoms with Gasteiger partial charge in [0.2, 0.25) is 5.95 Å². The van der Waals surface area contributed by atoms with E-state index < -0.39 is 0 Å². The van der Waals surface area contributed by atoms with E-state index in [1.165, 1.54) is 11.3 Å². The fourth-order valence-corrected chi connectivity index (χ4v) is 3.69. The van der Waals surface area contributed by atoms with Gasteiger partial charge in [-0.15, -0.1) is 11.3 Å². The molecule has 1 amide bonds. The Morgan fingerprint density at radius 1 is 1.45 bits per heavy atom. The highest BCUT2D eigenvalue weighted by Crippen LogP contribution is 2.20. The smallest absolute Gasteiger partial charge is 0.271 e. The molecule has 0 saturated carbocycles. The first-order valence-corrected chi connectivity index (χ1v) is 9.19. The van der Waals surface area contributed by atoms with Crippen LogP contribution in [0.3, 0.4) is 0 Å². The molecule has 0 aliphatic carbocycles. The number of carbonyl (C=O) groups is 1. The van der Waals surface area contributed by atoms with Crippen LogP contribution in [-0.2, 0) is 0 Å². The fourth-order valence-electron chi connectivity index (χ4n) is 2.45. The van der Waals surface area contributed by atoms with Crippen LogP contribution in [-0.4, -0.2) is 46.2 Å². The van der Waals surface area contributed by atoms with Crippen molar-refractivity contribution >= 4 is 35.0 Å². The average Bonchev–Trinajstić information content (AvgIpc) is 3.05. The SMILES string of the molecule is CSc1nc(C(=O)N[C@@H]2CCCN(c3ncccn3)C2)cs1. The van der Waals surface area contributed by atoms with E-state index in [0.29, 0.717) is 5.69 Å². The van der Waals surface area contributed by atoms with Crippen LogP contribution < -0.4 is 10.2 Å². The maximum absolute atomic E-state index is 12.3. The Morgan fingerprint density at radius 3 is 3.00 bits per heavy atom. The van der Waals surface area contributed by atoms with Crippen molar-refractivity contribution in [3.8, 4) is 0 Å². The second kappa shape index (κ2) is 7.06. The van der Waals surface area contributed by atoms with Crippen LogP contribution in [0.1, 0.15) is 23.3 Å². The molecule has 0 aromatic carbocycles. The van der Waals surface area contributed by atoms with Gasteiger partial charge in [-0.2, -0.15) is 0 Å². The van der Waals surface area contributed by atoms with Gasteiger partial charge in [0.25, 0.3) is 5.91 Å². The van der Waals surface area contributed by atoms with Crippen molar-refractivity contribution in [3.05, 3.63) is 29.5 Å². The molecule has 0 unspecified atom stereocenters. The van der Waals surface area contributed by atoms with E-state index in [1.807, 2.05) is 11.6 Å². The largest absolute Gasteiger partial charge is 0.346 e. The summed E-state index contributed by atoms with van der Waals surface area (Å²) in [5.41, 5.74) is 0.502. The van der Waals surface area contributed by atoms with Crippen LogP contribution in [0.15, 0.2) is 28.2 Å². The first-order valence-electron chi connectivity index (χ1n) is 7.08. The molecule has 2 aromatic heterocycles. The summed E-state index contributed by atoms with van der Waals surface area (Å²) in [5.74, 6) is 0.622. The van der Waals surface area contributed by atoms with Gasteiger partial charge in [0, 0.05) is 36.9 Å². The lowest BCUT2D eigenvalue weighted by molar-refractivity contribution is 0.0928. The molecular weight excluding hydrogens is 318 g/mol. The summed E-state index contributed by atoms with van der Waals surface area (Å²) in [7, 11) is 0. The summed E-state index contributed by atoms with van der Waals surface area (Å²) in [4.78, 5) is 27.2. The summed E-state index contributed by atoms with van der Waals surface area (Å²) in [6, 6.07) is 1.91. The van der Waals surface area contributed by atoms with Gasteiger partial charge >= 0.3 is 0 Å². The number of hydrogen-bond donors (Lipinski definition) is 1. The predicted molar refractivity (Wildman–Crippen MR) is 88.6 cm³/mol. The van der Waals surface area contributed by atoms with Crippen molar-refractivity contribution in [2.24, 2.45) is 0 Å². The van der Waals surface area contributed by atoms with Gasteiger partial charge < -0.3 is 10.2 Å². The number of thioether (sulfide) groups is 1. The zero-order valence-corrected chi connectivity index (χ0v) is 13.9. The molecule has 0 spiro atoms. The number of rotatable bonds is 4. The molecule has 1 aliphatic rings. The second-order valence-electron chi connectivity index (χ2n) is 5.01. The lowest BCUT2D eigenvalue weighted by Crippen LogP contribution is -2.48. The first kappa shape index (κ1) is 15.2. The highest BCUT2D eigenvalue weighted by Gasteiger charge is 2.24. The van der Waals surface area contributed by atoms with Crippen molar-refractivity contribution in [2.45, 2.75) is 23.2 Å². The Morgan fingerprint density at radius 2 is 2.27 bits per heavy atom. The average molecular weight is 335 g/mol. The van der Waals surface area contributed by atoms with Crippen LogP contribution in [0.4, 0.5) is 5.95 Å². The molecule has 116 valence electrons. The highest BCUT2D eigenvalue weighted by atomic mass is 32.2. The molecule has 3 heterocycles. The normalized spacial score (nSPS) is 18.2. The summed E-state index contributed by atoms with van der Waals surface area (Å²) in [6.07, 6.45) is 7.41. The van der Waals surface area contributed by atoms with Gasteiger partial charge in [-0.3, -0.25) is 4.79 Å². The number of hydrogen-bond acceptors (Lipinski definition) is 7. The van der Waals surface area contributed by atoms with Crippen LogP contribution in [0.2, 0.25) is 0 Å². The number of carbonyl (C=O) groups excluding carboxylic acids is 1. The van der Waals surface area contributed by atoms with Crippen molar-refractivity contribution < 1.29 is 4.79 Å². The van der Waals surface area contributed by atoms with Crippen molar-refractivity contribution in [1.82, 2.24) is 20.3 Å². The summed E-state index contributed by atoms with van der Waals surface area (Å²) in [5, 5.41) is 4.88. The lowest BCUT2D eigenvalue weighted by Gasteiger charge is -2.32. The Hall–Kier alpha value is -1.67. The number of thiazole rings is 1. The van der Waals surface area contributed by atoms with E-state index in [1.54, 1.807) is 30.2 Å². The molecule has 1 atom stereocenters. The number of aromatic nitrogens is 3. The monoisotopic (exact) mass is 335 g/mol. The molecule has 2 aromatic rings. The molecule has 22 heavy (non-hydrogen) atoms. The summed E-state index contributed by atoms with van der Waals surface area (Å²) < 4.78 is 0.910. The maximum atomic E-state index is 12.3. The predicted octanol–water partition coefficient (Wildman–Crippen LogP) is 2.05. The third-order valence-electron chi connectivity index (χ3n) is 3.48. The molecule has 1 saturated heterocycles. The van der Waals surface area contributed by atoms with E-state index in [9.17, 15) is 4.79 Å². The topological polar surface area (TPSA) is 71.0 Å². The molecule has 8 heteroatoms. The Balaban J connectivity index is 1.61. The van der Waals surface area contributed by atoms with E-state index in [2.05, 4.69) is 25.2 Å². The van der Waals surface area contributed by atoms with E-state index in [0.717, 1.165) is 36.2 Å². The molecule has 0 bridgehead atoms. The molecular formula is C14H17N5OS2.